The van der Waals surface area contributed by atoms with Crippen molar-refractivity contribution in [1.82, 2.24) is 4.98 Å². The monoisotopic (exact) mass is 255 g/mol. The molecular weight excluding hydrogens is 241 g/mol. The van der Waals surface area contributed by atoms with Crippen LogP contribution in [0.4, 0.5) is 4.39 Å². The minimum atomic E-state index is -0.436. The topological polar surface area (TPSA) is 30.0 Å². The summed E-state index contributed by atoms with van der Waals surface area (Å²) in [4.78, 5) is 16.8. The zero-order valence-corrected chi connectivity index (χ0v) is 10.7. The van der Waals surface area contributed by atoms with E-state index in [-0.39, 0.29) is 17.3 Å². The summed E-state index contributed by atoms with van der Waals surface area (Å²) in [5.41, 5.74) is 2.91. The third-order valence-electron chi connectivity index (χ3n) is 3.67. The number of ketones is 1. The fraction of sp³-hybridized carbons (Fsp3) is 0.250. The number of nitrogens with zero attached hydrogens (tertiary/aromatic N) is 1. The molecule has 1 aliphatic carbocycles. The SMILES string of the molecule is Cc1ccc(C(=O)C2CCc3cccnc32)c(F)c1. The lowest BCUT2D eigenvalue weighted by Gasteiger charge is -2.10. The Morgan fingerprint density at radius 1 is 1.37 bits per heavy atom. The smallest absolute Gasteiger partial charge is 0.174 e. The Bertz CT molecular complexity index is 651. The molecule has 0 radical (unpaired) electrons. The Morgan fingerprint density at radius 2 is 2.21 bits per heavy atom. The molecule has 1 aliphatic rings. The lowest BCUT2D eigenvalue weighted by Crippen LogP contribution is -2.13. The summed E-state index contributed by atoms with van der Waals surface area (Å²) < 4.78 is 13.9. The first-order chi connectivity index (χ1) is 9.16. The van der Waals surface area contributed by atoms with Gasteiger partial charge < -0.3 is 0 Å². The van der Waals surface area contributed by atoms with Gasteiger partial charge in [0.15, 0.2) is 5.78 Å². The Labute approximate surface area is 111 Å². The first-order valence-electron chi connectivity index (χ1n) is 6.41. The van der Waals surface area contributed by atoms with Gasteiger partial charge >= 0.3 is 0 Å². The Hall–Kier alpha value is -2.03. The molecule has 0 bridgehead atoms. The van der Waals surface area contributed by atoms with Gasteiger partial charge in [-0.05, 0) is 49.1 Å². The number of carbonyl (C=O) groups is 1. The Balaban J connectivity index is 1.98. The molecule has 0 saturated heterocycles. The number of pyridine rings is 1. The fourth-order valence-electron chi connectivity index (χ4n) is 2.68. The highest BCUT2D eigenvalue weighted by atomic mass is 19.1. The average molecular weight is 255 g/mol. The van der Waals surface area contributed by atoms with Gasteiger partial charge in [0.05, 0.1) is 17.2 Å². The predicted molar refractivity (Wildman–Crippen MR) is 70.8 cm³/mol. The summed E-state index contributed by atoms with van der Waals surface area (Å²) in [5.74, 6) is -0.891. The zero-order chi connectivity index (χ0) is 13.4. The van der Waals surface area contributed by atoms with Crippen LogP contribution in [0.5, 0.6) is 0 Å². The molecule has 0 spiro atoms. The molecule has 1 aromatic carbocycles. The zero-order valence-electron chi connectivity index (χ0n) is 10.7. The summed E-state index contributed by atoms with van der Waals surface area (Å²) in [6, 6.07) is 8.61. The van der Waals surface area contributed by atoms with E-state index in [1.165, 1.54) is 6.07 Å². The molecule has 19 heavy (non-hydrogen) atoms. The van der Waals surface area contributed by atoms with E-state index in [9.17, 15) is 9.18 Å². The largest absolute Gasteiger partial charge is 0.293 e. The number of aryl methyl sites for hydroxylation is 2. The number of rotatable bonds is 2. The maximum Gasteiger partial charge on any atom is 0.174 e. The second-order valence-electron chi connectivity index (χ2n) is 4.99. The number of fused-ring (bicyclic) bond motifs is 1. The minimum Gasteiger partial charge on any atom is -0.293 e. The lowest BCUT2D eigenvalue weighted by molar-refractivity contribution is 0.0954. The molecule has 1 aromatic heterocycles. The van der Waals surface area contributed by atoms with Crippen molar-refractivity contribution >= 4 is 5.78 Å². The molecule has 0 fully saturated rings. The first-order valence-corrected chi connectivity index (χ1v) is 6.41. The normalized spacial score (nSPS) is 17.3. The van der Waals surface area contributed by atoms with E-state index >= 15 is 0 Å². The summed E-state index contributed by atoms with van der Waals surface area (Å²) in [5, 5.41) is 0. The molecule has 1 heterocycles. The fourth-order valence-corrected chi connectivity index (χ4v) is 2.68. The molecule has 1 atom stereocenters. The molecule has 0 amide bonds. The van der Waals surface area contributed by atoms with Gasteiger partial charge in [-0.1, -0.05) is 12.1 Å². The highest BCUT2D eigenvalue weighted by Crippen LogP contribution is 2.34. The van der Waals surface area contributed by atoms with Crippen molar-refractivity contribution in [3.8, 4) is 0 Å². The van der Waals surface area contributed by atoms with Gasteiger partial charge in [0.1, 0.15) is 5.82 Å². The second kappa shape index (κ2) is 4.57. The highest BCUT2D eigenvalue weighted by Gasteiger charge is 2.31. The van der Waals surface area contributed by atoms with Crippen LogP contribution in [0.15, 0.2) is 36.5 Å². The molecule has 0 N–H and O–H groups in total. The van der Waals surface area contributed by atoms with E-state index in [1.54, 1.807) is 18.3 Å². The van der Waals surface area contributed by atoms with Crippen molar-refractivity contribution in [2.75, 3.05) is 0 Å². The van der Waals surface area contributed by atoms with E-state index in [2.05, 4.69) is 4.98 Å². The molecule has 96 valence electrons. The van der Waals surface area contributed by atoms with Crippen LogP contribution >= 0.6 is 0 Å². The van der Waals surface area contributed by atoms with Crippen LogP contribution in [-0.2, 0) is 6.42 Å². The van der Waals surface area contributed by atoms with Gasteiger partial charge in [-0.25, -0.2) is 4.39 Å². The summed E-state index contributed by atoms with van der Waals surface area (Å²) in [6.45, 7) is 1.81. The Kier molecular flexibility index (Phi) is 2.90. The van der Waals surface area contributed by atoms with Crippen molar-refractivity contribution in [2.24, 2.45) is 0 Å². The average Bonchev–Trinajstić information content (AvgIpc) is 2.82. The van der Waals surface area contributed by atoms with E-state index in [0.717, 1.165) is 29.7 Å². The van der Waals surface area contributed by atoms with Gasteiger partial charge in [0.2, 0.25) is 0 Å². The second-order valence-corrected chi connectivity index (χ2v) is 4.99. The summed E-state index contributed by atoms with van der Waals surface area (Å²) in [6.07, 6.45) is 3.25. The molecule has 0 aliphatic heterocycles. The maximum absolute atomic E-state index is 13.9. The number of hydrogen-bond acceptors (Lipinski definition) is 2. The van der Waals surface area contributed by atoms with Crippen LogP contribution in [0.25, 0.3) is 0 Å². The number of hydrogen-bond donors (Lipinski definition) is 0. The summed E-state index contributed by atoms with van der Waals surface area (Å²) >= 11 is 0. The lowest BCUT2D eigenvalue weighted by atomic mass is 9.94. The molecule has 2 aromatic rings. The first kappa shape index (κ1) is 12.0. The van der Waals surface area contributed by atoms with Crippen LogP contribution < -0.4 is 0 Å². The number of benzene rings is 1. The van der Waals surface area contributed by atoms with Gasteiger partial charge in [0, 0.05) is 6.20 Å². The molecule has 1 unspecified atom stereocenters. The molecule has 2 nitrogen and oxygen atoms in total. The van der Waals surface area contributed by atoms with Crippen LogP contribution in [-0.4, -0.2) is 10.8 Å². The minimum absolute atomic E-state index is 0.157. The number of aromatic nitrogens is 1. The van der Waals surface area contributed by atoms with Gasteiger partial charge in [-0.3, -0.25) is 9.78 Å². The van der Waals surface area contributed by atoms with Gasteiger partial charge in [-0.15, -0.1) is 0 Å². The van der Waals surface area contributed by atoms with Crippen molar-refractivity contribution in [3.63, 3.8) is 0 Å². The van der Waals surface area contributed by atoms with Crippen molar-refractivity contribution < 1.29 is 9.18 Å². The predicted octanol–water partition coefficient (Wildman–Crippen LogP) is 3.44. The van der Waals surface area contributed by atoms with Crippen LogP contribution in [0.2, 0.25) is 0 Å². The third-order valence-corrected chi connectivity index (χ3v) is 3.67. The van der Waals surface area contributed by atoms with Crippen molar-refractivity contribution in [2.45, 2.75) is 25.7 Å². The highest BCUT2D eigenvalue weighted by molar-refractivity contribution is 6.01. The van der Waals surface area contributed by atoms with Gasteiger partial charge in [0.25, 0.3) is 0 Å². The molecule has 0 saturated carbocycles. The number of Topliss-reactive ketones (excluding diaryl/α,β-unsaturated/α-hetero) is 1. The molecule has 3 rings (SSSR count). The van der Waals surface area contributed by atoms with E-state index in [1.807, 2.05) is 19.1 Å². The number of halogens is 1. The molecule has 3 heteroatoms. The van der Waals surface area contributed by atoms with Crippen LogP contribution in [0.3, 0.4) is 0 Å². The Morgan fingerprint density at radius 3 is 3.00 bits per heavy atom. The van der Waals surface area contributed by atoms with E-state index in [4.69, 9.17) is 0 Å². The standard InChI is InChI=1S/C16H14FNO/c1-10-4-6-12(14(17)9-10)16(19)13-7-5-11-3-2-8-18-15(11)13/h2-4,6,8-9,13H,5,7H2,1H3. The van der Waals surface area contributed by atoms with E-state index in [0.29, 0.717) is 0 Å². The van der Waals surface area contributed by atoms with E-state index < -0.39 is 5.82 Å². The molecular formula is C16H14FNO. The maximum atomic E-state index is 13.9. The van der Waals surface area contributed by atoms with Gasteiger partial charge in [-0.2, -0.15) is 0 Å². The van der Waals surface area contributed by atoms with Crippen LogP contribution in [0.1, 0.15) is 39.5 Å². The van der Waals surface area contributed by atoms with Crippen molar-refractivity contribution in [1.29, 1.82) is 0 Å². The number of carbonyl (C=O) groups excluding carboxylic acids is 1. The summed E-state index contributed by atoms with van der Waals surface area (Å²) in [7, 11) is 0. The third kappa shape index (κ3) is 2.05. The quantitative estimate of drug-likeness (QED) is 0.769. The van der Waals surface area contributed by atoms with Crippen molar-refractivity contribution in [3.05, 3.63) is 64.7 Å². The van der Waals surface area contributed by atoms with Crippen LogP contribution in [0, 0.1) is 12.7 Å².